The molecule has 0 aliphatic rings. The molecule has 12 heavy (non-hydrogen) atoms. The molecule has 0 aromatic carbocycles. The van der Waals surface area contributed by atoms with Crippen molar-refractivity contribution in [1.29, 1.82) is 0 Å². The highest BCUT2D eigenvalue weighted by Crippen LogP contribution is 2.40. The van der Waals surface area contributed by atoms with Gasteiger partial charge in [0.05, 0.1) is 0 Å². The molecule has 0 saturated carbocycles. The predicted octanol–water partition coefficient (Wildman–Crippen LogP) is 1.36. The van der Waals surface area contributed by atoms with Gasteiger partial charge in [0.15, 0.2) is 0 Å². The third-order valence-corrected chi connectivity index (χ3v) is 7.00. The third kappa shape index (κ3) is 1.91. The molecule has 0 amide bonds. The quantitative estimate of drug-likeness (QED) is 0.611. The molecule has 0 unspecified atom stereocenters. The van der Waals surface area contributed by atoms with Crippen LogP contribution in [-0.4, -0.2) is 22.5 Å². The largest absolute Gasteiger partial charge is 0.317 e. The Morgan fingerprint density at radius 2 is 1.08 bits per heavy atom. The van der Waals surface area contributed by atoms with E-state index in [-0.39, 0.29) is 0 Å². The van der Waals surface area contributed by atoms with Crippen LogP contribution in [0.1, 0.15) is 41.5 Å². The van der Waals surface area contributed by atoms with Crippen molar-refractivity contribution in [2.75, 3.05) is 7.05 Å². The lowest BCUT2D eigenvalue weighted by atomic mass is 9.71. The molecule has 0 atom stereocenters. The summed E-state index contributed by atoms with van der Waals surface area (Å²) in [4.78, 5) is 0. The fraction of sp³-hybridized carbons (Fsp3) is 1.00. The van der Waals surface area contributed by atoms with Crippen molar-refractivity contribution in [3.05, 3.63) is 0 Å². The van der Waals surface area contributed by atoms with Gasteiger partial charge in [-0.05, 0) is 17.9 Å². The van der Waals surface area contributed by atoms with Crippen LogP contribution in [-0.2, 0) is 0 Å². The normalized spacial score (nSPS) is 15.2. The van der Waals surface area contributed by atoms with Gasteiger partial charge in [0.2, 0.25) is 0 Å². The molecular formula is C10H25NSi. The fourth-order valence-corrected chi connectivity index (χ4v) is 1.88. The Balaban J connectivity index is 4.95. The van der Waals surface area contributed by atoms with E-state index in [1.165, 1.54) is 10.2 Å². The molecule has 0 spiro atoms. The third-order valence-electron chi connectivity index (χ3n) is 3.50. The van der Waals surface area contributed by atoms with Gasteiger partial charge in [-0.2, -0.15) is 0 Å². The Morgan fingerprint density at radius 3 is 1.08 bits per heavy atom. The van der Waals surface area contributed by atoms with Crippen LogP contribution in [0.3, 0.4) is 0 Å². The Hall–Kier alpha value is 0.177. The smallest absolute Gasteiger partial charge is 0.0294 e. The van der Waals surface area contributed by atoms with Crippen molar-refractivity contribution in [2.24, 2.45) is 10.8 Å². The van der Waals surface area contributed by atoms with Gasteiger partial charge in [0.1, 0.15) is 0 Å². The molecule has 0 saturated heterocycles. The molecule has 0 bridgehead atoms. The lowest BCUT2D eigenvalue weighted by Gasteiger charge is -2.51. The summed E-state index contributed by atoms with van der Waals surface area (Å²) in [6, 6.07) is 0. The van der Waals surface area contributed by atoms with Crippen LogP contribution in [0.25, 0.3) is 0 Å². The Kier molecular flexibility index (Phi) is 3.19. The zero-order valence-electron chi connectivity index (χ0n) is 10.0. The summed E-state index contributed by atoms with van der Waals surface area (Å²) in [6.07, 6.45) is 0. The van der Waals surface area contributed by atoms with Gasteiger partial charge in [0.25, 0.3) is 0 Å². The van der Waals surface area contributed by atoms with Crippen LogP contribution in [0.4, 0.5) is 0 Å². The summed E-state index contributed by atoms with van der Waals surface area (Å²) >= 11 is 0. The van der Waals surface area contributed by atoms with Crippen LogP contribution in [0.2, 0.25) is 0 Å². The molecule has 0 aliphatic carbocycles. The first-order valence-corrected chi connectivity index (χ1v) is 5.75. The second-order valence-corrected chi connectivity index (χ2v) is 7.38. The van der Waals surface area contributed by atoms with E-state index in [0.29, 0.717) is 16.0 Å². The molecule has 1 nitrogen and oxygen atoms in total. The molecule has 0 heterocycles. The Labute approximate surface area is 80.7 Å². The van der Waals surface area contributed by atoms with Crippen molar-refractivity contribution in [1.82, 2.24) is 5.32 Å². The summed E-state index contributed by atoms with van der Waals surface area (Å²) in [5, 5.41) is 3.83. The van der Waals surface area contributed by atoms with Crippen LogP contribution < -0.4 is 5.32 Å². The van der Waals surface area contributed by atoms with Gasteiger partial charge in [0, 0.05) is 15.4 Å². The maximum atomic E-state index is 3.52. The Morgan fingerprint density at radius 1 is 0.833 bits per heavy atom. The molecule has 2 heteroatoms. The number of hydrogen-bond donors (Lipinski definition) is 1. The summed E-state index contributed by atoms with van der Waals surface area (Å²) in [6.45, 7) is 13.9. The van der Waals surface area contributed by atoms with Gasteiger partial charge < -0.3 is 5.32 Å². The summed E-state index contributed by atoms with van der Waals surface area (Å²) in [5.41, 5.74) is 0.679. The van der Waals surface area contributed by atoms with Crippen LogP contribution >= 0.6 is 0 Å². The average molecular weight is 187 g/mol. The van der Waals surface area contributed by atoms with Gasteiger partial charge in [-0.25, -0.2) is 0 Å². The van der Waals surface area contributed by atoms with E-state index >= 15 is 0 Å². The molecular weight excluding hydrogens is 162 g/mol. The van der Waals surface area contributed by atoms with Crippen LogP contribution in [0.15, 0.2) is 0 Å². The van der Waals surface area contributed by atoms with Crippen molar-refractivity contribution in [3.63, 3.8) is 0 Å². The molecule has 0 radical (unpaired) electrons. The highest BCUT2D eigenvalue weighted by atomic mass is 28.1. The maximum Gasteiger partial charge on any atom is 0.0294 e. The highest BCUT2D eigenvalue weighted by molar-refractivity contribution is 6.16. The van der Waals surface area contributed by atoms with E-state index in [0.717, 1.165) is 0 Å². The van der Waals surface area contributed by atoms with E-state index < -0.39 is 0 Å². The van der Waals surface area contributed by atoms with Crippen LogP contribution in [0.5, 0.6) is 0 Å². The van der Waals surface area contributed by atoms with Gasteiger partial charge in [-0.1, -0.05) is 41.5 Å². The maximum absolute atomic E-state index is 3.52. The second-order valence-electron chi connectivity index (χ2n) is 5.88. The number of rotatable bonds is 1. The lowest BCUT2D eigenvalue weighted by Crippen LogP contribution is -2.62. The first-order chi connectivity index (χ1) is 5.06. The van der Waals surface area contributed by atoms with Gasteiger partial charge >= 0.3 is 0 Å². The van der Waals surface area contributed by atoms with Crippen molar-refractivity contribution in [2.45, 2.75) is 46.7 Å². The predicted molar refractivity (Wildman–Crippen MR) is 60.6 cm³/mol. The second kappa shape index (κ2) is 3.15. The first-order valence-electron chi connectivity index (χ1n) is 4.75. The van der Waals surface area contributed by atoms with Crippen molar-refractivity contribution < 1.29 is 0 Å². The average Bonchev–Trinajstić information content (AvgIpc) is 1.81. The molecule has 1 N–H and O–H groups in total. The summed E-state index contributed by atoms with van der Waals surface area (Å²) in [7, 11) is 3.26. The van der Waals surface area contributed by atoms with Crippen molar-refractivity contribution in [3.8, 4) is 0 Å². The van der Waals surface area contributed by atoms with Gasteiger partial charge in [-0.15, -0.1) is 0 Å². The zero-order chi connectivity index (χ0) is 10.2. The minimum Gasteiger partial charge on any atom is -0.317 e. The molecule has 74 valence electrons. The number of hydrogen-bond acceptors (Lipinski definition) is 1. The minimum atomic E-state index is 0.306. The topological polar surface area (TPSA) is 12.0 Å². The molecule has 0 aliphatic heterocycles. The Bertz CT molecular complexity index is 136. The summed E-state index contributed by atoms with van der Waals surface area (Å²) < 4.78 is 0. The summed E-state index contributed by atoms with van der Waals surface area (Å²) in [5.74, 6) is 0. The van der Waals surface area contributed by atoms with E-state index in [9.17, 15) is 0 Å². The molecule has 0 rings (SSSR count). The van der Waals surface area contributed by atoms with E-state index in [4.69, 9.17) is 0 Å². The fourth-order valence-electron chi connectivity index (χ4n) is 1.88. The van der Waals surface area contributed by atoms with E-state index in [1.807, 2.05) is 0 Å². The minimum absolute atomic E-state index is 0.306. The zero-order valence-corrected chi connectivity index (χ0v) is 12.0. The molecule has 0 fully saturated rings. The molecule has 0 aromatic heterocycles. The van der Waals surface area contributed by atoms with Crippen molar-refractivity contribution >= 4 is 10.2 Å². The monoisotopic (exact) mass is 187 g/mol. The van der Waals surface area contributed by atoms with Gasteiger partial charge in [-0.3, -0.25) is 0 Å². The SMILES string of the molecule is CNC([SiH3])(C(C)(C)C)C(C)(C)C. The standard InChI is InChI=1S/C10H25NSi/c1-8(2,3)10(12,11-7)9(4,5)6/h11H,1-7,12H3. The number of nitrogens with one attached hydrogen (secondary N) is 1. The van der Waals surface area contributed by atoms with Crippen LogP contribution in [0, 0.1) is 10.8 Å². The first kappa shape index (κ1) is 12.2. The lowest BCUT2D eigenvalue weighted by molar-refractivity contribution is 0.107. The molecule has 0 aromatic rings. The highest BCUT2D eigenvalue weighted by Gasteiger charge is 2.44. The van der Waals surface area contributed by atoms with E-state index in [1.54, 1.807) is 0 Å². The van der Waals surface area contributed by atoms with E-state index in [2.05, 4.69) is 53.9 Å².